The highest BCUT2D eigenvalue weighted by Gasteiger charge is 2.24. The van der Waals surface area contributed by atoms with Gasteiger partial charge in [0.1, 0.15) is 5.01 Å². The molecule has 0 saturated heterocycles. The molecule has 0 aliphatic rings. The van der Waals surface area contributed by atoms with Crippen LogP contribution in [0.25, 0.3) is 0 Å². The first-order valence-corrected chi connectivity index (χ1v) is 7.40. The first-order valence-electron chi connectivity index (χ1n) is 6.58. The summed E-state index contributed by atoms with van der Waals surface area (Å²) in [6.07, 6.45) is 1.84. The Morgan fingerprint density at radius 3 is 2.70 bits per heavy atom. The number of guanidine groups is 1. The van der Waals surface area contributed by atoms with E-state index in [1.807, 2.05) is 20.0 Å². The second-order valence-corrected chi connectivity index (χ2v) is 6.48. The molecule has 112 valence electrons. The van der Waals surface area contributed by atoms with Gasteiger partial charge in [0.15, 0.2) is 5.96 Å². The van der Waals surface area contributed by atoms with Crippen LogP contribution in [0.4, 0.5) is 0 Å². The number of aryl methyl sites for hydroxylation is 1. The van der Waals surface area contributed by atoms with E-state index in [4.69, 9.17) is 5.73 Å². The molecule has 0 atom stereocenters. The predicted octanol–water partition coefficient (Wildman–Crippen LogP) is 1.02. The summed E-state index contributed by atoms with van der Waals surface area (Å²) in [5.41, 5.74) is 4.73. The molecule has 0 unspecified atom stereocenters. The largest absolute Gasteiger partial charge is 0.369 e. The fraction of sp³-hybridized carbons (Fsp3) is 0.615. The molecule has 0 fully saturated rings. The quantitative estimate of drug-likeness (QED) is 0.540. The summed E-state index contributed by atoms with van der Waals surface area (Å²) in [5.74, 6) is 0.325. The van der Waals surface area contributed by atoms with Crippen LogP contribution in [0.3, 0.4) is 0 Å². The molecule has 0 spiro atoms. The Morgan fingerprint density at radius 1 is 1.50 bits per heavy atom. The molecular weight excluding hydrogens is 274 g/mol. The SMILES string of the molecule is CCNC(=NCc1ncc(C)s1)NCC(C)(C)C(N)=O. The highest BCUT2D eigenvalue weighted by atomic mass is 32.1. The van der Waals surface area contributed by atoms with Crippen LogP contribution in [0.5, 0.6) is 0 Å². The Labute approximate surface area is 123 Å². The minimum Gasteiger partial charge on any atom is -0.369 e. The lowest BCUT2D eigenvalue weighted by molar-refractivity contribution is -0.125. The zero-order chi connectivity index (χ0) is 15.2. The Kier molecular flexibility index (Phi) is 5.94. The van der Waals surface area contributed by atoms with Crippen LogP contribution in [-0.4, -0.2) is 29.9 Å². The number of nitrogens with two attached hydrogens (primary N) is 1. The third-order valence-corrected chi connectivity index (χ3v) is 3.65. The Morgan fingerprint density at radius 2 is 2.20 bits per heavy atom. The van der Waals surface area contributed by atoms with E-state index in [0.717, 1.165) is 11.6 Å². The molecule has 1 rings (SSSR count). The van der Waals surface area contributed by atoms with E-state index >= 15 is 0 Å². The van der Waals surface area contributed by atoms with Gasteiger partial charge in [-0.25, -0.2) is 9.98 Å². The van der Waals surface area contributed by atoms with Gasteiger partial charge in [-0.1, -0.05) is 0 Å². The molecule has 0 aliphatic heterocycles. The van der Waals surface area contributed by atoms with Crippen molar-refractivity contribution in [2.24, 2.45) is 16.1 Å². The average molecular weight is 297 g/mol. The molecule has 0 aromatic carbocycles. The zero-order valence-corrected chi connectivity index (χ0v) is 13.3. The van der Waals surface area contributed by atoms with Gasteiger partial charge in [0, 0.05) is 24.2 Å². The van der Waals surface area contributed by atoms with Crippen molar-refractivity contribution in [1.29, 1.82) is 0 Å². The molecule has 1 aromatic heterocycles. The molecule has 7 heteroatoms. The number of thiazole rings is 1. The van der Waals surface area contributed by atoms with Crippen LogP contribution in [0.15, 0.2) is 11.2 Å². The Balaban J connectivity index is 2.61. The molecule has 20 heavy (non-hydrogen) atoms. The molecule has 1 heterocycles. The number of primary amides is 1. The molecule has 0 radical (unpaired) electrons. The highest BCUT2D eigenvalue weighted by molar-refractivity contribution is 7.11. The van der Waals surface area contributed by atoms with Crippen molar-refractivity contribution in [3.8, 4) is 0 Å². The van der Waals surface area contributed by atoms with E-state index in [9.17, 15) is 4.79 Å². The lowest BCUT2D eigenvalue weighted by Gasteiger charge is -2.22. The van der Waals surface area contributed by atoms with Crippen molar-refractivity contribution in [2.45, 2.75) is 34.2 Å². The Hall–Kier alpha value is -1.63. The van der Waals surface area contributed by atoms with Crippen molar-refractivity contribution in [2.75, 3.05) is 13.1 Å². The van der Waals surface area contributed by atoms with E-state index in [0.29, 0.717) is 19.0 Å². The third kappa shape index (κ3) is 5.16. The van der Waals surface area contributed by atoms with Gasteiger partial charge in [0.05, 0.1) is 12.0 Å². The second-order valence-electron chi connectivity index (χ2n) is 5.16. The second kappa shape index (κ2) is 7.23. The van der Waals surface area contributed by atoms with Crippen LogP contribution in [0.2, 0.25) is 0 Å². The molecule has 0 saturated carbocycles. The minimum atomic E-state index is -0.617. The average Bonchev–Trinajstić information content (AvgIpc) is 2.78. The van der Waals surface area contributed by atoms with Gasteiger partial charge in [0.2, 0.25) is 5.91 Å². The predicted molar refractivity (Wildman–Crippen MR) is 82.6 cm³/mol. The summed E-state index contributed by atoms with van der Waals surface area (Å²) < 4.78 is 0. The van der Waals surface area contributed by atoms with Gasteiger partial charge < -0.3 is 16.4 Å². The van der Waals surface area contributed by atoms with Gasteiger partial charge in [-0.15, -0.1) is 11.3 Å². The summed E-state index contributed by atoms with van der Waals surface area (Å²) in [6, 6.07) is 0. The Bertz CT molecular complexity index is 481. The number of nitrogens with one attached hydrogen (secondary N) is 2. The number of carbonyl (C=O) groups excluding carboxylic acids is 1. The van der Waals surface area contributed by atoms with Crippen molar-refractivity contribution < 1.29 is 4.79 Å². The molecule has 4 N–H and O–H groups in total. The van der Waals surface area contributed by atoms with Crippen LogP contribution in [0, 0.1) is 12.3 Å². The van der Waals surface area contributed by atoms with Crippen LogP contribution >= 0.6 is 11.3 Å². The lowest BCUT2D eigenvalue weighted by atomic mass is 9.93. The first kappa shape index (κ1) is 16.4. The lowest BCUT2D eigenvalue weighted by Crippen LogP contribution is -2.46. The van der Waals surface area contributed by atoms with Gasteiger partial charge in [-0.2, -0.15) is 0 Å². The smallest absolute Gasteiger partial charge is 0.224 e. The molecular formula is C13H23N5OS. The van der Waals surface area contributed by atoms with E-state index in [1.165, 1.54) is 4.88 Å². The van der Waals surface area contributed by atoms with Crippen molar-refractivity contribution in [1.82, 2.24) is 15.6 Å². The summed E-state index contributed by atoms with van der Waals surface area (Å²) in [6.45, 7) is 9.31. The van der Waals surface area contributed by atoms with E-state index in [1.54, 1.807) is 25.2 Å². The topological polar surface area (TPSA) is 92.4 Å². The van der Waals surface area contributed by atoms with Gasteiger partial charge in [-0.05, 0) is 27.7 Å². The number of amides is 1. The number of carbonyl (C=O) groups is 1. The number of rotatable bonds is 6. The molecule has 1 aromatic rings. The van der Waals surface area contributed by atoms with Crippen molar-refractivity contribution in [3.05, 3.63) is 16.1 Å². The molecule has 0 bridgehead atoms. The summed E-state index contributed by atoms with van der Waals surface area (Å²) >= 11 is 1.63. The van der Waals surface area contributed by atoms with Crippen LogP contribution in [-0.2, 0) is 11.3 Å². The normalized spacial score (nSPS) is 12.3. The van der Waals surface area contributed by atoms with E-state index < -0.39 is 5.41 Å². The maximum atomic E-state index is 11.3. The number of nitrogens with zero attached hydrogens (tertiary/aromatic N) is 2. The fourth-order valence-corrected chi connectivity index (χ4v) is 2.07. The van der Waals surface area contributed by atoms with Gasteiger partial charge >= 0.3 is 0 Å². The van der Waals surface area contributed by atoms with E-state index in [2.05, 4.69) is 20.6 Å². The van der Waals surface area contributed by atoms with Crippen LogP contribution < -0.4 is 16.4 Å². The number of hydrogen-bond acceptors (Lipinski definition) is 4. The van der Waals surface area contributed by atoms with Crippen LogP contribution in [0.1, 0.15) is 30.7 Å². The molecule has 0 aliphatic carbocycles. The number of aromatic nitrogens is 1. The third-order valence-electron chi connectivity index (χ3n) is 2.75. The zero-order valence-electron chi connectivity index (χ0n) is 12.5. The monoisotopic (exact) mass is 297 g/mol. The minimum absolute atomic E-state index is 0.337. The molecule has 1 amide bonds. The number of hydrogen-bond donors (Lipinski definition) is 3. The number of aliphatic imine (C=N–C) groups is 1. The standard InChI is InChI=1S/C13H23N5OS/c1-5-15-12(18-8-13(3,4)11(14)19)17-7-10-16-6-9(2)20-10/h6H,5,7-8H2,1-4H3,(H2,14,19)(H2,15,17,18). The fourth-order valence-electron chi connectivity index (χ4n) is 1.35. The summed E-state index contributed by atoms with van der Waals surface area (Å²) in [5, 5.41) is 7.24. The van der Waals surface area contributed by atoms with Crippen molar-refractivity contribution in [3.63, 3.8) is 0 Å². The first-order chi connectivity index (χ1) is 9.35. The maximum absolute atomic E-state index is 11.3. The van der Waals surface area contributed by atoms with Gasteiger partial charge in [0.25, 0.3) is 0 Å². The summed E-state index contributed by atoms with van der Waals surface area (Å²) in [4.78, 5) is 21.2. The summed E-state index contributed by atoms with van der Waals surface area (Å²) in [7, 11) is 0. The highest BCUT2D eigenvalue weighted by Crippen LogP contribution is 2.13. The van der Waals surface area contributed by atoms with Crippen molar-refractivity contribution >= 4 is 23.2 Å². The maximum Gasteiger partial charge on any atom is 0.224 e. The van der Waals surface area contributed by atoms with E-state index in [-0.39, 0.29) is 5.91 Å². The van der Waals surface area contributed by atoms with Gasteiger partial charge in [-0.3, -0.25) is 4.79 Å². The molecule has 6 nitrogen and oxygen atoms in total.